The summed E-state index contributed by atoms with van der Waals surface area (Å²) < 4.78 is 0. The fraction of sp³-hybridized carbons (Fsp3) is 0.286. The fourth-order valence-electron chi connectivity index (χ4n) is 1.89. The van der Waals surface area contributed by atoms with E-state index in [-0.39, 0.29) is 11.5 Å². The van der Waals surface area contributed by atoms with E-state index in [9.17, 15) is 9.59 Å². The number of hydrogen-bond acceptors (Lipinski definition) is 3. The lowest BCUT2D eigenvalue weighted by atomic mass is 10.1. The molecule has 0 aliphatic rings. The molecule has 1 aromatic carbocycles. The van der Waals surface area contributed by atoms with Gasteiger partial charge in [0.2, 0.25) is 5.91 Å². The largest absolute Gasteiger partial charge is 0.325 e. The Kier molecular flexibility index (Phi) is 4.68. The summed E-state index contributed by atoms with van der Waals surface area (Å²) in [5.74, 6) is 0.908. The van der Waals surface area contributed by atoms with Crippen LogP contribution in [0.4, 0.5) is 5.69 Å². The molecule has 0 aliphatic carbocycles. The molecule has 0 atom stereocenters. The van der Waals surface area contributed by atoms with Gasteiger partial charge in [-0.25, -0.2) is 0 Å². The standard InChI is InChI=1S/C14H17N3O2S/c1-9-4-3-5-10(2)14(9)15-13(19)8-20-7-11-6-12(18)17-16-11/h3-6H,7-8H2,1-2H3,(H,15,19)(H2,16,17,18). The zero-order valence-corrected chi connectivity index (χ0v) is 12.3. The molecule has 0 spiro atoms. The summed E-state index contributed by atoms with van der Waals surface area (Å²) >= 11 is 1.46. The van der Waals surface area contributed by atoms with Crippen LogP contribution in [0.1, 0.15) is 16.8 Å². The number of aromatic nitrogens is 2. The Morgan fingerprint density at radius 1 is 1.25 bits per heavy atom. The molecule has 0 aliphatic heterocycles. The molecular weight excluding hydrogens is 274 g/mol. The smallest absolute Gasteiger partial charge is 0.264 e. The topological polar surface area (TPSA) is 77.8 Å². The first-order valence-corrected chi connectivity index (χ1v) is 7.42. The second-order valence-electron chi connectivity index (χ2n) is 4.59. The summed E-state index contributed by atoms with van der Waals surface area (Å²) in [7, 11) is 0. The normalized spacial score (nSPS) is 10.5. The summed E-state index contributed by atoms with van der Waals surface area (Å²) in [4.78, 5) is 22.8. The van der Waals surface area contributed by atoms with Crippen molar-refractivity contribution < 1.29 is 4.79 Å². The number of thioether (sulfide) groups is 1. The van der Waals surface area contributed by atoms with Crippen molar-refractivity contribution >= 4 is 23.4 Å². The third-order valence-electron chi connectivity index (χ3n) is 2.89. The molecule has 6 heteroatoms. The Balaban J connectivity index is 1.85. The zero-order valence-electron chi connectivity index (χ0n) is 11.4. The van der Waals surface area contributed by atoms with E-state index in [1.165, 1.54) is 17.8 Å². The van der Waals surface area contributed by atoms with Gasteiger partial charge in [-0.2, -0.15) is 0 Å². The van der Waals surface area contributed by atoms with Crippen LogP contribution in [-0.2, 0) is 10.5 Å². The van der Waals surface area contributed by atoms with Gasteiger partial charge in [-0.1, -0.05) is 18.2 Å². The van der Waals surface area contributed by atoms with Crippen LogP contribution in [0, 0.1) is 13.8 Å². The zero-order chi connectivity index (χ0) is 14.5. The van der Waals surface area contributed by atoms with Crippen LogP contribution in [0.25, 0.3) is 0 Å². The molecule has 5 nitrogen and oxygen atoms in total. The van der Waals surface area contributed by atoms with Crippen molar-refractivity contribution in [3.05, 3.63) is 51.4 Å². The van der Waals surface area contributed by atoms with Crippen molar-refractivity contribution in [1.82, 2.24) is 10.2 Å². The highest BCUT2D eigenvalue weighted by Crippen LogP contribution is 2.20. The first-order valence-electron chi connectivity index (χ1n) is 6.26. The molecule has 20 heavy (non-hydrogen) atoms. The van der Waals surface area contributed by atoms with Gasteiger partial charge in [0.05, 0.1) is 5.75 Å². The molecule has 1 amide bonds. The van der Waals surface area contributed by atoms with E-state index in [0.29, 0.717) is 11.5 Å². The van der Waals surface area contributed by atoms with E-state index in [1.807, 2.05) is 32.0 Å². The van der Waals surface area contributed by atoms with Gasteiger partial charge in [0.25, 0.3) is 5.56 Å². The molecule has 1 aromatic heterocycles. The number of nitrogens with one attached hydrogen (secondary N) is 3. The van der Waals surface area contributed by atoms with Gasteiger partial charge < -0.3 is 10.4 Å². The number of benzene rings is 1. The second kappa shape index (κ2) is 6.47. The van der Waals surface area contributed by atoms with E-state index >= 15 is 0 Å². The van der Waals surface area contributed by atoms with E-state index in [4.69, 9.17) is 0 Å². The van der Waals surface area contributed by atoms with Crippen molar-refractivity contribution in [3.63, 3.8) is 0 Å². The van der Waals surface area contributed by atoms with E-state index < -0.39 is 0 Å². The first kappa shape index (κ1) is 14.5. The van der Waals surface area contributed by atoms with Gasteiger partial charge in [0.1, 0.15) is 0 Å². The quantitative estimate of drug-likeness (QED) is 0.790. The molecule has 0 radical (unpaired) electrons. The minimum Gasteiger partial charge on any atom is -0.325 e. The highest BCUT2D eigenvalue weighted by Gasteiger charge is 2.07. The Morgan fingerprint density at radius 2 is 1.95 bits per heavy atom. The van der Waals surface area contributed by atoms with Crippen molar-refractivity contribution in [1.29, 1.82) is 0 Å². The number of carbonyl (C=O) groups is 1. The predicted molar refractivity (Wildman–Crippen MR) is 82.1 cm³/mol. The summed E-state index contributed by atoms with van der Waals surface area (Å²) in [6.45, 7) is 3.95. The number of rotatable bonds is 5. The van der Waals surface area contributed by atoms with Crippen LogP contribution in [0.2, 0.25) is 0 Å². The van der Waals surface area contributed by atoms with Gasteiger partial charge in [-0.3, -0.25) is 14.7 Å². The number of anilines is 1. The fourth-order valence-corrected chi connectivity index (χ4v) is 2.63. The van der Waals surface area contributed by atoms with Crippen LogP contribution in [0.5, 0.6) is 0 Å². The number of aryl methyl sites for hydroxylation is 2. The maximum Gasteiger partial charge on any atom is 0.264 e. The Hall–Kier alpha value is -1.95. The molecule has 0 unspecified atom stereocenters. The molecule has 106 valence electrons. The highest BCUT2D eigenvalue weighted by atomic mass is 32.2. The molecule has 1 heterocycles. The Morgan fingerprint density at radius 3 is 2.55 bits per heavy atom. The van der Waals surface area contributed by atoms with Crippen LogP contribution in [-0.4, -0.2) is 21.9 Å². The molecule has 2 rings (SSSR count). The maximum absolute atomic E-state index is 11.9. The molecule has 0 saturated heterocycles. The van der Waals surface area contributed by atoms with E-state index in [0.717, 1.165) is 22.5 Å². The minimum atomic E-state index is -0.152. The third-order valence-corrected chi connectivity index (χ3v) is 3.87. The van der Waals surface area contributed by atoms with Crippen LogP contribution >= 0.6 is 11.8 Å². The average Bonchev–Trinajstić information content (AvgIpc) is 2.80. The maximum atomic E-state index is 11.9. The Labute approximate surface area is 121 Å². The summed E-state index contributed by atoms with van der Waals surface area (Å²) in [5, 5.41) is 8.15. The first-order chi connectivity index (χ1) is 9.56. The summed E-state index contributed by atoms with van der Waals surface area (Å²) in [6.07, 6.45) is 0. The SMILES string of the molecule is Cc1cccc(C)c1NC(=O)CSCc1cc(=O)[nH][nH]1. The number of hydrogen-bond donors (Lipinski definition) is 3. The third kappa shape index (κ3) is 3.77. The average molecular weight is 291 g/mol. The molecule has 3 N–H and O–H groups in total. The van der Waals surface area contributed by atoms with Gasteiger partial charge in [-0.15, -0.1) is 11.8 Å². The van der Waals surface area contributed by atoms with Gasteiger partial charge >= 0.3 is 0 Å². The van der Waals surface area contributed by atoms with Crippen LogP contribution in [0.15, 0.2) is 29.1 Å². The molecule has 0 bridgehead atoms. The molecule has 0 fully saturated rings. The van der Waals surface area contributed by atoms with E-state index in [1.54, 1.807) is 0 Å². The minimum absolute atomic E-state index is 0.0368. The van der Waals surface area contributed by atoms with Crippen molar-refractivity contribution in [3.8, 4) is 0 Å². The second-order valence-corrected chi connectivity index (χ2v) is 5.58. The lowest BCUT2D eigenvalue weighted by molar-refractivity contribution is -0.113. The number of H-pyrrole nitrogens is 2. The van der Waals surface area contributed by atoms with Crippen LogP contribution < -0.4 is 10.9 Å². The summed E-state index contributed by atoms with van der Waals surface area (Å²) in [6, 6.07) is 7.41. The lowest BCUT2D eigenvalue weighted by Gasteiger charge is -2.11. The van der Waals surface area contributed by atoms with Crippen molar-refractivity contribution in [2.75, 3.05) is 11.1 Å². The number of para-hydroxylation sites is 1. The van der Waals surface area contributed by atoms with Crippen molar-refractivity contribution in [2.24, 2.45) is 0 Å². The number of carbonyl (C=O) groups excluding carboxylic acids is 1. The van der Waals surface area contributed by atoms with Gasteiger partial charge in [-0.05, 0) is 25.0 Å². The van der Waals surface area contributed by atoms with Crippen molar-refractivity contribution in [2.45, 2.75) is 19.6 Å². The number of amides is 1. The van der Waals surface area contributed by atoms with Crippen LogP contribution in [0.3, 0.4) is 0 Å². The summed E-state index contributed by atoms with van der Waals surface area (Å²) in [5.41, 5.74) is 3.63. The Bertz CT molecular complexity index is 640. The molecule has 2 aromatic rings. The van der Waals surface area contributed by atoms with Gasteiger partial charge in [0.15, 0.2) is 0 Å². The predicted octanol–water partition coefficient (Wildman–Crippen LogP) is 2.19. The number of aromatic amines is 2. The van der Waals surface area contributed by atoms with E-state index in [2.05, 4.69) is 15.5 Å². The highest BCUT2D eigenvalue weighted by molar-refractivity contribution is 7.99. The van der Waals surface area contributed by atoms with Gasteiger partial charge in [0, 0.05) is 23.2 Å². The monoisotopic (exact) mass is 291 g/mol. The molecular formula is C14H17N3O2S. The molecule has 0 saturated carbocycles. The lowest BCUT2D eigenvalue weighted by Crippen LogP contribution is -2.15.